The number of nitrogens with zero attached hydrogens (tertiary/aromatic N) is 3. The fourth-order valence-corrected chi connectivity index (χ4v) is 2.58. The summed E-state index contributed by atoms with van der Waals surface area (Å²) in [5.41, 5.74) is 0.354. The van der Waals surface area contributed by atoms with Gasteiger partial charge in [-0.2, -0.15) is 0 Å². The molecular weight excluding hydrogens is 257 g/mol. The molecule has 20 heavy (non-hydrogen) atoms. The van der Waals surface area contributed by atoms with Crippen LogP contribution in [0.25, 0.3) is 0 Å². The number of ketones is 1. The molecule has 1 aromatic heterocycles. The van der Waals surface area contributed by atoms with E-state index in [1.807, 2.05) is 0 Å². The summed E-state index contributed by atoms with van der Waals surface area (Å²) in [6, 6.07) is 3.31. The molecule has 1 unspecified atom stereocenters. The maximum atomic E-state index is 12.8. The van der Waals surface area contributed by atoms with Crippen LogP contribution in [0.4, 0.5) is 4.39 Å². The first kappa shape index (κ1) is 15.1. The highest BCUT2D eigenvalue weighted by atomic mass is 19.1. The summed E-state index contributed by atoms with van der Waals surface area (Å²) in [6.45, 7) is 6.00. The lowest BCUT2D eigenvalue weighted by Crippen LogP contribution is -2.51. The number of pyridine rings is 1. The van der Waals surface area contributed by atoms with E-state index in [-0.39, 0.29) is 5.78 Å². The highest BCUT2D eigenvalue weighted by Crippen LogP contribution is 2.11. The molecule has 1 aromatic rings. The molecule has 0 N–H and O–H groups in total. The summed E-state index contributed by atoms with van der Waals surface area (Å²) < 4.78 is 12.8. The molecule has 1 atom stereocenters. The average Bonchev–Trinajstić information content (AvgIpc) is 2.46. The lowest BCUT2D eigenvalue weighted by Gasteiger charge is -2.39. The Labute approximate surface area is 119 Å². The molecule has 1 fully saturated rings. The van der Waals surface area contributed by atoms with Crippen molar-refractivity contribution >= 4 is 5.78 Å². The van der Waals surface area contributed by atoms with Crippen molar-refractivity contribution in [2.75, 3.05) is 33.2 Å². The van der Waals surface area contributed by atoms with Crippen LogP contribution in [-0.2, 0) is 0 Å². The number of piperazine rings is 1. The molecule has 1 aliphatic rings. The predicted molar refractivity (Wildman–Crippen MR) is 76.3 cm³/mol. The Balaban J connectivity index is 1.83. The molecule has 0 aliphatic carbocycles. The number of likely N-dealkylation sites (N-methyl/N-ethyl adjacent to an activating group) is 1. The summed E-state index contributed by atoms with van der Waals surface area (Å²) in [5, 5.41) is 0. The van der Waals surface area contributed by atoms with Gasteiger partial charge in [-0.25, -0.2) is 4.39 Å². The molecular formula is C15H22FN3O. The van der Waals surface area contributed by atoms with Crippen molar-refractivity contribution in [2.24, 2.45) is 0 Å². The molecule has 5 heteroatoms. The van der Waals surface area contributed by atoms with Crippen molar-refractivity contribution in [3.05, 3.63) is 29.8 Å². The average molecular weight is 279 g/mol. The summed E-state index contributed by atoms with van der Waals surface area (Å²) in [6.07, 6.45) is 2.66. The van der Waals surface area contributed by atoms with Crippen LogP contribution in [0.15, 0.2) is 18.3 Å². The summed E-state index contributed by atoms with van der Waals surface area (Å²) in [5.74, 6) is -0.427. The first-order chi connectivity index (χ1) is 9.60. The third-order valence-electron chi connectivity index (χ3n) is 4.00. The Morgan fingerprint density at radius 2 is 2.25 bits per heavy atom. The van der Waals surface area contributed by atoms with Gasteiger partial charge in [0, 0.05) is 38.6 Å². The highest BCUT2D eigenvalue weighted by Gasteiger charge is 2.23. The molecule has 4 nitrogen and oxygen atoms in total. The summed E-state index contributed by atoms with van der Waals surface area (Å²) >= 11 is 0. The predicted octanol–water partition coefficient (Wildman–Crippen LogP) is 1.82. The van der Waals surface area contributed by atoms with Crippen LogP contribution >= 0.6 is 0 Å². The largest absolute Gasteiger partial charge is 0.301 e. The fraction of sp³-hybridized carbons (Fsp3) is 0.600. The van der Waals surface area contributed by atoms with Crippen LogP contribution in [0, 0.1) is 5.82 Å². The zero-order valence-electron chi connectivity index (χ0n) is 12.2. The maximum Gasteiger partial charge on any atom is 0.182 e. The van der Waals surface area contributed by atoms with Gasteiger partial charge in [-0.15, -0.1) is 0 Å². The van der Waals surface area contributed by atoms with Crippen LogP contribution in [0.2, 0.25) is 0 Å². The van der Waals surface area contributed by atoms with E-state index in [4.69, 9.17) is 0 Å². The van der Waals surface area contributed by atoms with Gasteiger partial charge in [-0.3, -0.25) is 9.78 Å². The van der Waals surface area contributed by atoms with Gasteiger partial charge in [0.1, 0.15) is 11.5 Å². The fourth-order valence-electron chi connectivity index (χ4n) is 2.58. The van der Waals surface area contributed by atoms with Crippen LogP contribution in [0.5, 0.6) is 0 Å². The van der Waals surface area contributed by atoms with E-state index in [0.29, 0.717) is 18.2 Å². The third-order valence-corrected chi connectivity index (χ3v) is 4.00. The quantitative estimate of drug-likeness (QED) is 0.770. The lowest BCUT2D eigenvalue weighted by molar-refractivity contribution is 0.0822. The molecule has 2 rings (SSSR count). The van der Waals surface area contributed by atoms with Gasteiger partial charge in [0.05, 0.1) is 6.20 Å². The number of hydrogen-bond acceptors (Lipinski definition) is 4. The molecule has 2 heterocycles. The van der Waals surface area contributed by atoms with Gasteiger partial charge in [0.2, 0.25) is 0 Å². The number of hydrogen-bond donors (Lipinski definition) is 0. The Hall–Kier alpha value is -1.33. The van der Waals surface area contributed by atoms with E-state index in [0.717, 1.165) is 38.8 Å². The SMILES string of the molecule is CCC1CN(CCC(=O)c2ccc(F)cn2)CCN1C. The Bertz CT molecular complexity index is 449. The van der Waals surface area contributed by atoms with Gasteiger partial charge < -0.3 is 9.80 Å². The van der Waals surface area contributed by atoms with Gasteiger partial charge in [0.15, 0.2) is 5.78 Å². The van der Waals surface area contributed by atoms with Crippen molar-refractivity contribution in [2.45, 2.75) is 25.8 Å². The zero-order chi connectivity index (χ0) is 14.5. The molecule has 0 saturated carbocycles. The smallest absolute Gasteiger partial charge is 0.182 e. The molecule has 110 valence electrons. The number of carbonyl (C=O) groups excluding carboxylic acids is 1. The Morgan fingerprint density at radius 3 is 2.90 bits per heavy atom. The molecule has 0 bridgehead atoms. The third kappa shape index (κ3) is 3.84. The van der Waals surface area contributed by atoms with E-state index >= 15 is 0 Å². The zero-order valence-corrected chi connectivity index (χ0v) is 12.2. The topological polar surface area (TPSA) is 36.4 Å². The maximum absolute atomic E-state index is 12.8. The Morgan fingerprint density at radius 1 is 1.45 bits per heavy atom. The van der Waals surface area contributed by atoms with Gasteiger partial charge in [-0.05, 0) is 25.6 Å². The van der Waals surface area contributed by atoms with Gasteiger partial charge in [0.25, 0.3) is 0 Å². The lowest BCUT2D eigenvalue weighted by atomic mass is 10.1. The standard InChI is InChI=1S/C15H22FN3O/c1-3-13-11-19(9-8-18(13)2)7-6-15(20)14-5-4-12(16)10-17-14/h4-5,10,13H,3,6-9,11H2,1-2H3. The van der Waals surface area contributed by atoms with Crippen LogP contribution in [0.1, 0.15) is 30.3 Å². The highest BCUT2D eigenvalue weighted by molar-refractivity contribution is 5.94. The first-order valence-corrected chi connectivity index (χ1v) is 7.17. The molecule has 0 aromatic carbocycles. The minimum Gasteiger partial charge on any atom is -0.301 e. The van der Waals surface area contributed by atoms with Crippen LogP contribution in [0.3, 0.4) is 0 Å². The van der Waals surface area contributed by atoms with Crippen LogP contribution < -0.4 is 0 Å². The second-order valence-electron chi connectivity index (χ2n) is 5.38. The number of carbonyl (C=O) groups is 1. The van der Waals surface area contributed by atoms with E-state index < -0.39 is 5.82 Å². The summed E-state index contributed by atoms with van der Waals surface area (Å²) in [7, 11) is 2.15. The minimum atomic E-state index is -0.411. The minimum absolute atomic E-state index is 0.0167. The van der Waals surface area contributed by atoms with Crippen molar-refractivity contribution in [3.63, 3.8) is 0 Å². The first-order valence-electron chi connectivity index (χ1n) is 7.17. The molecule has 1 aliphatic heterocycles. The second-order valence-corrected chi connectivity index (χ2v) is 5.38. The number of Topliss-reactive ketones (excluding diaryl/α,β-unsaturated/α-hetero) is 1. The molecule has 0 radical (unpaired) electrons. The monoisotopic (exact) mass is 279 g/mol. The van der Waals surface area contributed by atoms with Crippen LogP contribution in [-0.4, -0.2) is 59.8 Å². The number of aromatic nitrogens is 1. The summed E-state index contributed by atoms with van der Waals surface area (Å²) in [4.78, 5) is 20.5. The molecule has 0 amide bonds. The van der Waals surface area contributed by atoms with E-state index in [1.54, 1.807) is 0 Å². The van der Waals surface area contributed by atoms with Crippen molar-refractivity contribution in [3.8, 4) is 0 Å². The molecule has 1 saturated heterocycles. The number of rotatable bonds is 5. The van der Waals surface area contributed by atoms with E-state index in [2.05, 4.69) is 28.8 Å². The van der Waals surface area contributed by atoms with E-state index in [9.17, 15) is 9.18 Å². The van der Waals surface area contributed by atoms with Gasteiger partial charge in [-0.1, -0.05) is 6.92 Å². The normalized spacial score (nSPS) is 21.1. The van der Waals surface area contributed by atoms with Crippen molar-refractivity contribution < 1.29 is 9.18 Å². The molecule has 0 spiro atoms. The number of halogens is 1. The van der Waals surface area contributed by atoms with Crippen molar-refractivity contribution in [1.29, 1.82) is 0 Å². The van der Waals surface area contributed by atoms with Gasteiger partial charge >= 0.3 is 0 Å². The van der Waals surface area contributed by atoms with E-state index in [1.165, 1.54) is 12.1 Å². The van der Waals surface area contributed by atoms with Crippen molar-refractivity contribution in [1.82, 2.24) is 14.8 Å². The second kappa shape index (κ2) is 6.90. The Kier molecular flexibility index (Phi) is 5.20.